The average Bonchev–Trinajstić information content (AvgIpc) is 2.48. The van der Waals surface area contributed by atoms with Crippen molar-refractivity contribution in [3.8, 4) is 17.6 Å². The van der Waals surface area contributed by atoms with E-state index in [1.165, 1.54) is 0 Å². The molecule has 0 aliphatic rings. The summed E-state index contributed by atoms with van der Waals surface area (Å²) in [7, 11) is 1.54. The molecule has 0 saturated carbocycles. The standard InChI is InChI=1S/C15H10Cl2INO2/c1-20-14-6-10(7-19)5-13(18)15(14)21-8-9-2-3-11(16)12(17)4-9/h2-6H,8H2,1H3. The third kappa shape index (κ3) is 3.94. The fourth-order valence-electron chi connectivity index (χ4n) is 1.71. The van der Waals surface area contributed by atoms with Gasteiger partial charge in [0, 0.05) is 6.07 Å². The van der Waals surface area contributed by atoms with Crippen molar-refractivity contribution in [1.82, 2.24) is 0 Å². The van der Waals surface area contributed by atoms with E-state index in [1.54, 1.807) is 31.4 Å². The molecular weight excluding hydrogens is 424 g/mol. The van der Waals surface area contributed by atoms with E-state index in [4.69, 9.17) is 37.9 Å². The Bertz CT molecular complexity index is 714. The highest BCUT2D eigenvalue weighted by molar-refractivity contribution is 14.1. The molecule has 0 aliphatic heterocycles. The quantitative estimate of drug-likeness (QED) is 0.633. The third-order valence-corrected chi connectivity index (χ3v) is 4.27. The molecule has 108 valence electrons. The van der Waals surface area contributed by atoms with Gasteiger partial charge < -0.3 is 9.47 Å². The van der Waals surface area contributed by atoms with Gasteiger partial charge in [0.05, 0.1) is 32.4 Å². The first-order valence-electron chi connectivity index (χ1n) is 5.89. The topological polar surface area (TPSA) is 42.2 Å². The molecule has 0 saturated heterocycles. The molecule has 0 N–H and O–H groups in total. The first kappa shape index (κ1) is 16.2. The molecule has 2 rings (SSSR count). The van der Waals surface area contributed by atoms with Crippen LogP contribution in [0.4, 0.5) is 0 Å². The van der Waals surface area contributed by atoms with Crippen molar-refractivity contribution in [3.63, 3.8) is 0 Å². The lowest BCUT2D eigenvalue weighted by Crippen LogP contribution is -2.00. The Labute approximate surface area is 146 Å². The van der Waals surface area contributed by atoms with E-state index in [1.807, 2.05) is 6.07 Å². The molecule has 2 aromatic carbocycles. The van der Waals surface area contributed by atoms with Crippen molar-refractivity contribution in [2.45, 2.75) is 6.61 Å². The maximum atomic E-state index is 8.96. The van der Waals surface area contributed by atoms with E-state index < -0.39 is 0 Å². The van der Waals surface area contributed by atoms with Gasteiger partial charge in [0.15, 0.2) is 11.5 Å². The van der Waals surface area contributed by atoms with Gasteiger partial charge in [-0.15, -0.1) is 0 Å². The molecule has 2 aromatic rings. The molecule has 3 nitrogen and oxygen atoms in total. The number of nitriles is 1. The van der Waals surface area contributed by atoms with Gasteiger partial charge in [0.1, 0.15) is 6.61 Å². The second-order valence-corrected chi connectivity index (χ2v) is 6.11. The summed E-state index contributed by atoms with van der Waals surface area (Å²) in [5, 5.41) is 9.95. The number of halogens is 3. The number of ether oxygens (including phenoxy) is 2. The van der Waals surface area contributed by atoms with Gasteiger partial charge in [-0.2, -0.15) is 5.26 Å². The van der Waals surface area contributed by atoms with Gasteiger partial charge in [-0.25, -0.2) is 0 Å². The second kappa shape index (κ2) is 7.21. The van der Waals surface area contributed by atoms with Crippen molar-refractivity contribution >= 4 is 45.8 Å². The largest absolute Gasteiger partial charge is 0.493 e. The van der Waals surface area contributed by atoms with Crippen LogP contribution in [0.2, 0.25) is 10.0 Å². The zero-order valence-electron chi connectivity index (χ0n) is 11.0. The molecular formula is C15H10Cl2INO2. The van der Waals surface area contributed by atoms with Crippen LogP contribution in [0.25, 0.3) is 0 Å². The van der Waals surface area contributed by atoms with Crippen LogP contribution in [-0.4, -0.2) is 7.11 Å². The monoisotopic (exact) mass is 433 g/mol. The Morgan fingerprint density at radius 1 is 1.19 bits per heavy atom. The number of hydrogen-bond donors (Lipinski definition) is 0. The fraction of sp³-hybridized carbons (Fsp3) is 0.133. The van der Waals surface area contributed by atoms with Crippen LogP contribution in [0.5, 0.6) is 11.5 Å². The van der Waals surface area contributed by atoms with E-state index in [2.05, 4.69) is 28.7 Å². The second-order valence-electron chi connectivity index (χ2n) is 4.14. The molecule has 6 heteroatoms. The van der Waals surface area contributed by atoms with Crippen LogP contribution in [0, 0.1) is 14.9 Å². The molecule has 0 spiro atoms. The van der Waals surface area contributed by atoms with Gasteiger partial charge in [0.2, 0.25) is 0 Å². The number of rotatable bonds is 4. The maximum Gasteiger partial charge on any atom is 0.175 e. The van der Waals surface area contributed by atoms with Crippen molar-refractivity contribution in [1.29, 1.82) is 5.26 Å². The average molecular weight is 434 g/mol. The molecule has 0 radical (unpaired) electrons. The van der Waals surface area contributed by atoms with E-state index >= 15 is 0 Å². The highest BCUT2D eigenvalue weighted by atomic mass is 127. The van der Waals surface area contributed by atoms with Crippen LogP contribution in [0.15, 0.2) is 30.3 Å². The first-order chi connectivity index (χ1) is 10.0. The van der Waals surface area contributed by atoms with E-state index in [9.17, 15) is 0 Å². The molecule has 0 bridgehead atoms. The number of methoxy groups -OCH3 is 1. The maximum absolute atomic E-state index is 8.96. The minimum absolute atomic E-state index is 0.329. The molecule has 21 heavy (non-hydrogen) atoms. The van der Waals surface area contributed by atoms with Gasteiger partial charge in [-0.3, -0.25) is 0 Å². The minimum atomic E-state index is 0.329. The summed E-state index contributed by atoms with van der Waals surface area (Å²) < 4.78 is 11.9. The van der Waals surface area contributed by atoms with Crippen molar-refractivity contribution in [2.75, 3.05) is 7.11 Å². The lowest BCUT2D eigenvalue weighted by atomic mass is 10.2. The fourth-order valence-corrected chi connectivity index (χ4v) is 2.79. The molecule has 0 atom stereocenters. The third-order valence-electron chi connectivity index (χ3n) is 2.73. The summed E-state index contributed by atoms with van der Waals surface area (Å²) in [6.45, 7) is 0.329. The summed E-state index contributed by atoms with van der Waals surface area (Å²) in [5.41, 5.74) is 1.42. The lowest BCUT2D eigenvalue weighted by Gasteiger charge is -2.13. The van der Waals surface area contributed by atoms with E-state index in [0.717, 1.165) is 9.13 Å². The molecule has 0 fully saturated rings. The zero-order valence-corrected chi connectivity index (χ0v) is 14.7. The predicted molar refractivity (Wildman–Crippen MR) is 91.2 cm³/mol. The normalized spacial score (nSPS) is 10.0. The van der Waals surface area contributed by atoms with Gasteiger partial charge >= 0.3 is 0 Å². The highest BCUT2D eigenvalue weighted by Crippen LogP contribution is 2.34. The molecule has 0 unspecified atom stereocenters. The van der Waals surface area contributed by atoms with Crippen molar-refractivity contribution in [3.05, 3.63) is 55.1 Å². The first-order valence-corrected chi connectivity index (χ1v) is 7.73. The van der Waals surface area contributed by atoms with Gasteiger partial charge in [0.25, 0.3) is 0 Å². The summed E-state index contributed by atoms with van der Waals surface area (Å²) in [6, 6.07) is 10.8. The molecule has 0 amide bonds. The number of benzene rings is 2. The number of nitrogens with zero attached hydrogens (tertiary/aromatic N) is 1. The highest BCUT2D eigenvalue weighted by Gasteiger charge is 2.12. The SMILES string of the molecule is COc1cc(C#N)cc(I)c1OCc1ccc(Cl)c(Cl)c1. The van der Waals surface area contributed by atoms with Gasteiger partial charge in [-0.05, 0) is 46.4 Å². The zero-order chi connectivity index (χ0) is 15.4. The predicted octanol–water partition coefficient (Wildman–Crippen LogP) is 5.06. The van der Waals surface area contributed by atoms with Crippen LogP contribution in [0.1, 0.15) is 11.1 Å². The molecule has 0 aromatic heterocycles. The van der Waals surface area contributed by atoms with Crippen LogP contribution in [-0.2, 0) is 6.61 Å². The molecule has 0 aliphatic carbocycles. The molecule has 0 heterocycles. The Hall–Kier alpha value is -1.16. The van der Waals surface area contributed by atoms with Crippen LogP contribution >= 0.6 is 45.8 Å². The van der Waals surface area contributed by atoms with Crippen LogP contribution < -0.4 is 9.47 Å². The Kier molecular flexibility index (Phi) is 5.57. The number of hydrogen-bond acceptors (Lipinski definition) is 3. The summed E-state index contributed by atoms with van der Waals surface area (Å²) >= 11 is 14.0. The van der Waals surface area contributed by atoms with Crippen molar-refractivity contribution in [2.24, 2.45) is 0 Å². The Morgan fingerprint density at radius 2 is 1.95 bits per heavy atom. The summed E-state index contributed by atoms with van der Waals surface area (Å²) in [5.74, 6) is 1.13. The van der Waals surface area contributed by atoms with E-state index in [-0.39, 0.29) is 0 Å². The Balaban J connectivity index is 2.23. The van der Waals surface area contributed by atoms with Crippen molar-refractivity contribution < 1.29 is 9.47 Å². The smallest absolute Gasteiger partial charge is 0.175 e. The van der Waals surface area contributed by atoms with Crippen LogP contribution in [0.3, 0.4) is 0 Å². The lowest BCUT2D eigenvalue weighted by molar-refractivity contribution is 0.282. The van der Waals surface area contributed by atoms with E-state index in [0.29, 0.717) is 33.7 Å². The minimum Gasteiger partial charge on any atom is -0.493 e. The summed E-state index contributed by atoms with van der Waals surface area (Å²) in [4.78, 5) is 0. The Morgan fingerprint density at radius 3 is 2.57 bits per heavy atom. The van der Waals surface area contributed by atoms with Gasteiger partial charge in [-0.1, -0.05) is 29.3 Å². The summed E-state index contributed by atoms with van der Waals surface area (Å²) in [6.07, 6.45) is 0.